The lowest BCUT2D eigenvalue weighted by Gasteiger charge is -2.04. The molecule has 0 atom stereocenters. The van der Waals surface area contributed by atoms with Gasteiger partial charge in [0, 0.05) is 6.42 Å². The van der Waals surface area contributed by atoms with E-state index in [1.807, 2.05) is 0 Å². The van der Waals surface area contributed by atoms with Gasteiger partial charge in [-0.15, -0.1) is 0 Å². The predicted molar refractivity (Wildman–Crippen MR) is 114 cm³/mol. The number of carboxylic acids is 1. The molecule has 0 aliphatic carbocycles. The Bertz CT molecular complexity index is 303. The van der Waals surface area contributed by atoms with E-state index in [9.17, 15) is 4.79 Å². The number of rotatable bonds is 15. The van der Waals surface area contributed by atoms with Gasteiger partial charge in [0.05, 0.1) is 5.60 Å². The summed E-state index contributed by atoms with van der Waals surface area (Å²) in [7, 11) is 0. The van der Waals surface area contributed by atoms with Gasteiger partial charge < -0.3 is 16.4 Å². The average molecular weight is 374 g/mol. The van der Waals surface area contributed by atoms with Gasteiger partial charge in [0.2, 0.25) is 0 Å². The largest absolute Gasteiger partial charge is 0.481 e. The lowest BCUT2D eigenvalue weighted by atomic mass is 10.1. The van der Waals surface area contributed by atoms with Crippen LogP contribution in [0.15, 0.2) is 12.2 Å². The van der Waals surface area contributed by atoms with Crippen LogP contribution in [-0.4, -0.2) is 21.8 Å². The van der Waals surface area contributed by atoms with Gasteiger partial charge >= 0.3 is 5.97 Å². The summed E-state index contributed by atoms with van der Waals surface area (Å²) in [6.45, 7) is 7.49. The molecule has 0 rings (SSSR count). The molecule has 0 heterocycles. The molecule has 4 heteroatoms. The van der Waals surface area contributed by atoms with Gasteiger partial charge in [-0.25, -0.2) is 0 Å². The second-order valence-corrected chi connectivity index (χ2v) is 7.90. The van der Waals surface area contributed by atoms with Gasteiger partial charge in [0.15, 0.2) is 0 Å². The zero-order valence-electron chi connectivity index (χ0n) is 18.1. The minimum Gasteiger partial charge on any atom is -0.481 e. The van der Waals surface area contributed by atoms with Crippen LogP contribution in [0.3, 0.4) is 0 Å². The van der Waals surface area contributed by atoms with E-state index in [4.69, 9.17) is 10.2 Å². The lowest BCUT2D eigenvalue weighted by Crippen LogP contribution is -2.10. The molecular formula is C22H47NO3. The molecule has 0 aromatic rings. The van der Waals surface area contributed by atoms with Crippen LogP contribution < -0.4 is 6.15 Å². The maximum Gasteiger partial charge on any atom is 0.303 e. The van der Waals surface area contributed by atoms with Crippen molar-refractivity contribution in [3.63, 3.8) is 0 Å². The standard InChI is InChI=1S/C18H34O2.C4H10O.H3N/c1-2-3-4-5-6-7-8-9-10-11-12-13-14-15-16-17-18(19)20;1-4(2,3)5;/h9-10H,2-8,11-17H2,1H3,(H,19,20);5H,1-3H3;1H3. The molecule has 4 nitrogen and oxygen atoms in total. The fourth-order valence-electron chi connectivity index (χ4n) is 2.35. The summed E-state index contributed by atoms with van der Waals surface area (Å²) in [5.74, 6) is -0.664. The quantitative estimate of drug-likeness (QED) is 0.212. The van der Waals surface area contributed by atoms with E-state index in [0.29, 0.717) is 6.42 Å². The highest BCUT2D eigenvalue weighted by Crippen LogP contribution is 2.09. The molecule has 0 saturated carbocycles. The van der Waals surface area contributed by atoms with Crippen molar-refractivity contribution in [3.05, 3.63) is 12.2 Å². The number of unbranched alkanes of at least 4 members (excludes halogenated alkanes) is 11. The van der Waals surface area contributed by atoms with Gasteiger partial charge in [0.25, 0.3) is 0 Å². The van der Waals surface area contributed by atoms with Crippen molar-refractivity contribution in [1.82, 2.24) is 6.15 Å². The number of hydrogen-bond donors (Lipinski definition) is 3. The van der Waals surface area contributed by atoms with Crippen LogP contribution in [0, 0.1) is 0 Å². The van der Waals surface area contributed by atoms with Gasteiger partial charge in [-0.1, -0.05) is 70.4 Å². The summed E-state index contributed by atoms with van der Waals surface area (Å²) in [5.41, 5.74) is -0.500. The van der Waals surface area contributed by atoms with Crippen LogP contribution in [0.4, 0.5) is 0 Å². The second kappa shape index (κ2) is 22.2. The SMILES string of the molecule is CC(C)(C)O.CCCCCCCCC=CCCCCCCCC(=O)O.N. The molecule has 5 N–H and O–H groups in total. The Morgan fingerprint density at radius 2 is 1.12 bits per heavy atom. The van der Waals surface area contributed by atoms with Crippen molar-refractivity contribution in [3.8, 4) is 0 Å². The van der Waals surface area contributed by atoms with Crippen molar-refractivity contribution >= 4 is 5.97 Å². The molecule has 158 valence electrons. The van der Waals surface area contributed by atoms with Crippen molar-refractivity contribution in [2.24, 2.45) is 0 Å². The Morgan fingerprint density at radius 1 is 0.769 bits per heavy atom. The number of allylic oxidation sites excluding steroid dienone is 2. The van der Waals surface area contributed by atoms with Gasteiger partial charge in [-0.3, -0.25) is 4.79 Å². The van der Waals surface area contributed by atoms with Gasteiger partial charge in [0.1, 0.15) is 0 Å². The zero-order valence-corrected chi connectivity index (χ0v) is 18.1. The molecule has 0 aromatic heterocycles. The highest BCUT2D eigenvalue weighted by molar-refractivity contribution is 5.66. The maximum absolute atomic E-state index is 10.3. The monoisotopic (exact) mass is 373 g/mol. The third kappa shape index (κ3) is 43.5. The maximum atomic E-state index is 10.3. The Kier molecular flexibility index (Phi) is 25.5. The summed E-state index contributed by atoms with van der Waals surface area (Å²) < 4.78 is 0. The van der Waals surface area contributed by atoms with Crippen LogP contribution in [0.2, 0.25) is 0 Å². The molecule has 0 fully saturated rings. The number of aliphatic hydroxyl groups is 1. The smallest absolute Gasteiger partial charge is 0.303 e. The molecule has 26 heavy (non-hydrogen) atoms. The molecule has 0 aliphatic heterocycles. The normalized spacial score (nSPS) is 11.0. The first-order chi connectivity index (χ1) is 11.8. The molecule has 0 radical (unpaired) electrons. The summed E-state index contributed by atoms with van der Waals surface area (Å²) in [4.78, 5) is 10.3. The Morgan fingerprint density at radius 3 is 1.50 bits per heavy atom. The molecule has 0 saturated heterocycles. The van der Waals surface area contributed by atoms with E-state index in [2.05, 4.69) is 19.1 Å². The third-order valence-electron chi connectivity index (χ3n) is 3.65. The Hall–Kier alpha value is -0.870. The number of carboxylic acid groups (broad SMARTS) is 1. The molecule has 0 bridgehead atoms. The molecule has 0 unspecified atom stereocenters. The summed E-state index contributed by atoms with van der Waals surface area (Å²) in [5, 5.41) is 17.0. The van der Waals surface area contributed by atoms with E-state index >= 15 is 0 Å². The van der Waals surface area contributed by atoms with Crippen molar-refractivity contribution in [2.45, 2.75) is 123 Å². The molecule has 0 spiro atoms. The molecule has 0 aliphatic rings. The van der Waals surface area contributed by atoms with E-state index in [-0.39, 0.29) is 6.15 Å². The zero-order chi connectivity index (χ0) is 19.4. The number of hydrogen-bond acceptors (Lipinski definition) is 3. The second-order valence-electron chi connectivity index (χ2n) is 7.90. The summed E-state index contributed by atoms with van der Waals surface area (Å²) in [6, 6.07) is 0. The summed E-state index contributed by atoms with van der Waals surface area (Å²) in [6.07, 6.45) is 21.2. The predicted octanol–water partition coefficient (Wildman–Crippen LogP) is 7.05. The van der Waals surface area contributed by atoms with Crippen LogP contribution in [0.25, 0.3) is 0 Å². The lowest BCUT2D eigenvalue weighted by molar-refractivity contribution is -0.137. The van der Waals surface area contributed by atoms with Gasteiger partial charge in [-0.05, 0) is 52.9 Å². The minimum atomic E-state index is -0.664. The highest BCUT2D eigenvalue weighted by atomic mass is 16.4. The molecular weight excluding hydrogens is 326 g/mol. The Labute approximate surface area is 163 Å². The van der Waals surface area contributed by atoms with E-state index in [0.717, 1.165) is 12.8 Å². The average Bonchev–Trinajstić information content (AvgIpc) is 2.49. The van der Waals surface area contributed by atoms with Crippen LogP contribution >= 0.6 is 0 Å². The molecule has 0 aromatic carbocycles. The van der Waals surface area contributed by atoms with E-state index in [1.54, 1.807) is 20.8 Å². The number of aliphatic carboxylic acids is 1. The number of carbonyl (C=O) groups is 1. The fourth-order valence-corrected chi connectivity index (χ4v) is 2.35. The minimum absolute atomic E-state index is 0. The van der Waals surface area contributed by atoms with Gasteiger partial charge in [-0.2, -0.15) is 0 Å². The third-order valence-corrected chi connectivity index (χ3v) is 3.65. The van der Waals surface area contributed by atoms with Crippen molar-refractivity contribution < 1.29 is 15.0 Å². The first kappa shape index (κ1) is 29.9. The van der Waals surface area contributed by atoms with E-state index < -0.39 is 11.6 Å². The first-order valence-electron chi connectivity index (χ1n) is 10.4. The fraction of sp³-hybridized carbons (Fsp3) is 0.864. The summed E-state index contributed by atoms with van der Waals surface area (Å²) >= 11 is 0. The highest BCUT2D eigenvalue weighted by Gasteiger charge is 1.98. The van der Waals surface area contributed by atoms with Crippen LogP contribution in [-0.2, 0) is 4.79 Å². The van der Waals surface area contributed by atoms with E-state index in [1.165, 1.54) is 70.6 Å². The van der Waals surface area contributed by atoms with Crippen LogP contribution in [0.5, 0.6) is 0 Å². The van der Waals surface area contributed by atoms with Crippen molar-refractivity contribution in [2.75, 3.05) is 0 Å². The van der Waals surface area contributed by atoms with Crippen LogP contribution in [0.1, 0.15) is 118 Å². The Balaban J connectivity index is -0.000000772. The topological polar surface area (TPSA) is 92.5 Å². The molecule has 0 amide bonds. The first-order valence-corrected chi connectivity index (χ1v) is 10.4. The van der Waals surface area contributed by atoms with Crippen molar-refractivity contribution in [1.29, 1.82) is 0 Å².